The van der Waals surface area contributed by atoms with Crippen LogP contribution in [0.15, 0.2) is 17.5 Å². The first-order chi connectivity index (χ1) is 6.72. The Labute approximate surface area is 83.2 Å². The van der Waals surface area contributed by atoms with Crippen molar-refractivity contribution >= 4 is 21.4 Å². The van der Waals surface area contributed by atoms with Crippen LogP contribution < -0.4 is 0 Å². The van der Waals surface area contributed by atoms with Crippen molar-refractivity contribution in [3.05, 3.63) is 34.7 Å². The van der Waals surface area contributed by atoms with Crippen molar-refractivity contribution in [2.45, 2.75) is 6.42 Å². The third-order valence-electron chi connectivity index (χ3n) is 1.94. The molecule has 0 radical (unpaired) electrons. The summed E-state index contributed by atoms with van der Waals surface area (Å²) in [6.07, 6.45) is 0.105. The number of halogens is 2. The number of nitriles is 1. The molecule has 0 amide bonds. The van der Waals surface area contributed by atoms with Crippen LogP contribution in [0.3, 0.4) is 0 Å². The summed E-state index contributed by atoms with van der Waals surface area (Å²) in [5.74, 6) is -0.927. The fourth-order valence-corrected chi connectivity index (χ4v) is 2.27. The number of benzene rings is 1. The van der Waals surface area contributed by atoms with Crippen LogP contribution in [-0.2, 0) is 6.42 Å². The van der Waals surface area contributed by atoms with E-state index >= 15 is 0 Å². The zero-order valence-electron chi connectivity index (χ0n) is 7.05. The van der Waals surface area contributed by atoms with Crippen molar-refractivity contribution in [1.82, 2.24) is 0 Å². The van der Waals surface area contributed by atoms with Crippen molar-refractivity contribution in [2.75, 3.05) is 0 Å². The van der Waals surface area contributed by atoms with Gasteiger partial charge in [0.05, 0.1) is 12.5 Å². The molecule has 70 valence electrons. The lowest BCUT2D eigenvalue weighted by atomic mass is 10.1. The zero-order chi connectivity index (χ0) is 10.1. The summed E-state index contributed by atoms with van der Waals surface area (Å²) in [5.41, 5.74) is 0.552. The molecule has 4 heteroatoms. The molecule has 0 saturated carbocycles. The normalized spacial score (nSPS) is 10.4. The van der Waals surface area contributed by atoms with Crippen molar-refractivity contribution in [2.24, 2.45) is 0 Å². The summed E-state index contributed by atoms with van der Waals surface area (Å²) in [6.45, 7) is 0. The van der Waals surface area contributed by atoms with Crippen LogP contribution in [0, 0.1) is 23.0 Å². The Morgan fingerprint density at radius 1 is 1.36 bits per heavy atom. The van der Waals surface area contributed by atoms with E-state index in [1.807, 2.05) is 6.07 Å². The first-order valence-electron chi connectivity index (χ1n) is 3.94. The lowest BCUT2D eigenvalue weighted by Crippen LogP contribution is -1.85. The van der Waals surface area contributed by atoms with E-state index < -0.39 is 11.6 Å². The molecule has 1 aromatic heterocycles. The molecule has 0 unspecified atom stereocenters. The summed E-state index contributed by atoms with van der Waals surface area (Å²) in [6, 6.07) is 4.36. The van der Waals surface area contributed by atoms with Gasteiger partial charge >= 0.3 is 0 Å². The molecule has 1 heterocycles. The Balaban J connectivity index is 2.76. The van der Waals surface area contributed by atoms with Crippen LogP contribution in [0.1, 0.15) is 5.56 Å². The molecule has 2 rings (SSSR count). The van der Waals surface area contributed by atoms with Gasteiger partial charge in [0.1, 0.15) is 11.6 Å². The van der Waals surface area contributed by atoms with Crippen LogP contribution in [0.5, 0.6) is 0 Å². The number of hydrogen-bond acceptors (Lipinski definition) is 2. The first kappa shape index (κ1) is 9.10. The van der Waals surface area contributed by atoms with E-state index in [1.54, 1.807) is 0 Å². The quantitative estimate of drug-likeness (QED) is 0.707. The molecular weight excluding hydrogens is 204 g/mol. The molecular formula is C10H5F2NS. The molecule has 2 aromatic rings. The molecule has 1 nitrogen and oxygen atoms in total. The maximum absolute atomic E-state index is 13.1. The molecule has 0 saturated heterocycles. The van der Waals surface area contributed by atoms with Crippen LogP contribution in [0.2, 0.25) is 0 Å². The number of fused-ring (bicyclic) bond motifs is 1. The number of nitrogens with zero attached hydrogens (tertiary/aromatic N) is 1. The van der Waals surface area contributed by atoms with Gasteiger partial charge in [0.15, 0.2) is 0 Å². The minimum Gasteiger partial charge on any atom is -0.207 e. The molecule has 1 aromatic carbocycles. The topological polar surface area (TPSA) is 23.8 Å². The molecule has 0 atom stereocenters. The van der Waals surface area contributed by atoms with Gasteiger partial charge in [-0.05, 0) is 17.7 Å². The molecule has 0 fully saturated rings. The first-order valence-corrected chi connectivity index (χ1v) is 4.82. The minimum atomic E-state index is -0.500. The van der Waals surface area contributed by atoms with Crippen molar-refractivity contribution in [3.8, 4) is 6.07 Å². The molecule has 0 N–H and O–H groups in total. The van der Waals surface area contributed by atoms with Crippen LogP contribution in [-0.4, -0.2) is 0 Å². The third kappa shape index (κ3) is 1.36. The fourth-order valence-electron chi connectivity index (χ4n) is 1.36. The van der Waals surface area contributed by atoms with Crippen molar-refractivity contribution < 1.29 is 8.78 Å². The second-order valence-corrected chi connectivity index (χ2v) is 3.74. The third-order valence-corrected chi connectivity index (χ3v) is 2.98. The Hall–Kier alpha value is -1.47. The Kier molecular flexibility index (Phi) is 2.18. The monoisotopic (exact) mass is 209 g/mol. The molecule has 0 aliphatic carbocycles. The van der Waals surface area contributed by atoms with E-state index in [4.69, 9.17) is 5.26 Å². The average Bonchev–Trinajstić information content (AvgIpc) is 2.49. The highest BCUT2D eigenvalue weighted by atomic mass is 32.1. The predicted molar refractivity (Wildman–Crippen MR) is 51.1 cm³/mol. The number of thiophene rings is 1. The van der Waals surface area contributed by atoms with Crippen molar-refractivity contribution in [1.29, 1.82) is 5.26 Å². The van der Waals surface area contributed by atoms with Gasteiger partial charge in [0.2, 0.25) is 0 Å². The van der Waals surface area contributed by atoms with Gasteiger partial charge in [-0.3, -0.25) is 0 Å². The van der Waals surface area contributed by atoms with E-state index in [0.29, 0.717) is 10.3 Å². The Morgan fingerprint density at radius 3 is 2.86 bits per heavy atom. The number of rotatable bonds is 1. The van der Waals surface area contributed by atoms with E-state index in [-0.39, 0.29) is 11.8 Å². The minimum absolute atomic E-state index is 0.105. The summed E-state index contributed by atoms with van der Waals surface area (Å²) in [7, 11) is 0. The van der Waals surface area contributed by atoms with Gasteiger partial charge in [0, 0.05) is 15.5 Å². The molecule has 0 aliphatic rings. The second-order valence-electron chi connectivity index (χ2n) is 2.86. The van der Waals surface area contributed by atoms with Crippen LogP contribution >= 0.6 is 11.3 Å². The molecule has 14 heavy (non-hydrogen) atoms. The smallest absolute Gasteiger partial charge is 0.141 e. The van der Waals surface area contributed by atoms with Crippen molar-refractivity contribution in [3.63, 3.8) is 0 Å². The second kappa shape index (κ2) is 3.35. The van der Waals surface area contributed by atoms with E-state index in [0.717, 1.165) is 6.07 Å². The highest BCUT2D eigenvalue weighted by Gasteiger charge is 2.09. The molecule has 0 bridgehead atoms. The van der Waals surface area contributed by atoms with Gasteiger partial charge in [-0.1, -0.05) is 0 Å². The number of hydrogen-bond donors (Lipinski definition) is 0. The summed E-state index contributed by atoms with van der Waals surface area (Å²) < 4.78 is 26.8. The lowest BCUT2D eigenvalue weighted by Gasteiger charge is -1.97. The van der Waals surface area contributed by atoms with Gasteiger partial charge in [-0.25, -0.2) is 8.78 Å². The largest absolute Gasteiger partial charge is 0.207 e. The average molecular weight is 209 g/mol. The maximum atomic E-state index is 13.1. The van der Waals surface area contributed by atoms with E-state index in [2.05, 4.69) is 0 Å². The summed E-state index contributed by atoms with van der Waals surface area (Å²) in [5, 5.41) is 10.1. The van der Waals surface area contributed by atoms with Gasteiger partial charge in [-0.2, -0.15) is 5.26 Å². The van der Waals surface area contributed by atoms with E-state index in [9.17, 15) is 8.78 Å². The van der Waals surface area contributed by atoms with E-state index in [1.165, 1.54) is 22.8 Å². The highest BCUT2D eigenvalue weighted by Crippen LogP contribution is 2.29. The standard InChI is InChI=1S/C10H5F2NS/c11-7-3-6(1-2-13)10-8(4-7)9(12)5-14-10/h3-5H,1H2. The molecule has 0 spiro atoms. The van der Waals surface area contributed by atoms with Gasteiger partial charge in [-0.15, -0.1) is 11.3 Å². The van der Waals surface area contributed by atoms with Crippen LogP contribution in [0.25, 0.3) is 10.1 Å². The van der Waals surface area contributed by atoms with Gasteiger partial charge in [0.25, 0.3) is 0 Å². The Morgan fingerprint density at radius 2 is 2.14 bits per heavy atom. The van der Waals surface area contributed by atoms with Crippen LogP contribution in [0.4, 0.5) is 8.78 Å². The summed E-state index contributed by atoms with van der Waals surface area (Å²) in [4.78, 5) is 0. The summed E-state index contributed by atoms with van der Waals surface area (Å²) >= 11 is 1.20. The Bertz CT molecular complexity index is 525. The predicted octanol–water partition coefficient (Wildman–Crippen LogP) is 3.25. The highest BCUT2D eigenvalue weighted by molar-refractivity contribution is 7.17. The molecule has 0 aliphatic heterocycles. The SMILES string of the molecule is N#CCc1cc(F)cc2c(F)csc12. The van der Waals surface area contributed by atoms with Gasteiger partial charge < -0.3 is 0 Å². The fraction of sp³-hybridized carbons (Fsp3) is 0.100. The lowest BCUT2D eigenvalue weighted by molar-refractivity contribution is 0.622. The maximum Gasteiger partial charge on any atom is 0.141 e. The zero-order valence-corrected chi connectivity index (χ0v) is 7.87.